The Morgan fingerprint density at radius 2 is 2.22 bits per heavy atom. The highest BCUT2D eigenvalue weighted by Crippen LogP contribution is 2.08. The molecule has 1 aromatic heterocycles. The van der Waals surface area contributed by atoms with Crippen molar-refractivity contribution in [2.45, 2.75) is 6.92 Å². The number of nitrogens with one attached hydrogen (secondary N) is 2. The minimum Gasteiger partial charge on any atom is -0.463 e. The van der Waals surface area contributed by atoms with Gasteiger partial charge in [-0.25, -0.2) is 0 Å². The Kier molecular flexibility index (Phi) is 4.09. The minimum absolute atomic E-state index is 0.434. The molecule has 0 saturated heterocycles. The molecule has 0 aliphatic carbocycles. The van der Waals surface area contributed by atoms with Crippen LogP contribution in [0.15, 0.2) is 52.2 Å². The van der Waals surface area contributed by atoms with Crippen molar-refractivity contribution in [2.75, 3.05) is 5.32 Å². The van der Waals surface area contributed by atoms with Crippen molar-refractivity contribution in [3.63, 3.8) is 0 Å². The van der Waals surface area contributed by atoms with Crippen molar-refractivity contribution in [3.8, 4) is 0 Å². The average Bonchev–Trinajstić information content (AvgIpc) is 2.82. The number of nitrogens with zero attached hydrogens (tertiary/aromatic N) is 1. The lowest BCUT2D eigenvalue weighted by Crippen LogP contribution is -2.23. The van der Waals surface area contributed by atoms with Crippen molar-refractivity contribution in [2.24, 2.45) is 5.10 Å². The van der Waals surface area contributed by atoms with Crippen molar-refractivity contribution in [1.82, 2.24) is 5.43 Å². The quantitative estimate of drug-likeness (QED) is 0.505. The molecule has 0 saturated carbocycles. The van der Waals surface area contributed by atoms with E-state index in [0.717, 1.165) is 5.69 Å². The number of thiocarbonyl (C=S) groups is 1. The maximum absolute atomic E-state index is 5.11. The molecular formula is C13H13N3OS. The second-order valence-corrected chi connectivity index (χ2v) is 4.12. The third-order valence-corrected chi connectivity index (χ3v) is 2.37. The molecule has 0 spiro atoms. The van der Waals surface area contributed by atoms with E-state index < -0.39 is 0 Å². The Labute approximate surface area is 111 Å². The van der Waals surface area contributed by atoms with E-state index in [4.69, 9.17) is 16.6 Å². The van der Waals surface area contributed by atoms with E-state index in [2.05, 4.69) is 15.8 Å². The van der Waals surface area contributed by atoms with Crippen LogP contribution in [-0.4, -0.2) is 11.3 Å². The fourth-order valence-corrected chi connectivity index (χ4v) is 1.57. The maximum atomic E-state index is 5.11. The summed E-state index contributed by atoms with van der Waals surface area (Å²) in [6, 6.07) is 11.5. The SMILES string of the molecule is Cc1cccc(NC(=S)NN=Cc2ccco2)c1. The van der Waals surface area contributed by atoms with Crippen LogP contribution >= 0.6 is 12.2 Å². The second kappa shape index (κ2) is 5.97. The first-order valence-corrected chi connectivity index (χ1v) is 5.85. The first kappa shape index (κ1) is 12.3. The zero-order chi connectivity index (χ0) is 12.8. The van der Waals surface area contributed by atoms with Crippen LogP contribution in [-0.2, 0) is 0 Å². The smallest absolute Gasteiger partial charge is 0.191 e. The van der Waals surface area contributed by atoms with Gasteiger partial charge >= 0.3 is 0 Å². The van der Waals surface area contributed by atoms with Gasteiger partial charge in [-0.3, -0.25) is 5.43 Å². The zero-order valence-corrected chi connectivity index (χ0v) is 10.7. The monoisotopic (exact) mass is 259 g/mol. The summed E-state index contributed by atoms with van der Waals surface area (Å²) in [5.74, 6) is 0.667. The van der Waals surface area contributed by atoms with Crippen LogP contribution in [0, 0.1) is 6.92 Å². The molecule has 92 valence electrons. The largest absolute Gasteiger partial charge is 0.463 e. The first-order valence-electron chi connectivity index (χ1n) is 5.44. The predicted octanol–water partition coefficient (Wildman–Crippen LogP) is 2.91. The van der Waals surface area contributed by atoms with Crippen LogP contribution in [0.1, 0.15) is 11.3 Å². The molecule has 0 bridgehead atoms. The highest BCUT2D eigenvalue weighted by atomic mass is 32.1. The zero-order valence-electron chi connectivity index (χ0n) is 9.88. The molecule has 5 heteroatoms. The van der Waals surface area contributed by atoms with Crippen LogP contribution in [0.25, 0.3) is 0 Å². The van der Waals surface area contributed by atoms with Gasteiger partial charge in [0.05, 0.1) is 12.5 Å². The summed E-state index contributed by atoms with van der Waals surface area (Å²) in [7, 11) is 0. The van der Waals surface area contributed by atoms with Gasteiger partial charge < -0.3 is 9.73 Å². The van der Waals surface area contributed by atoms with E-state index in [-0.39, 0.29) is 0 Å². The van der Waals surface area contributed by atoms with E-state index in [1.807, 2.05) is 37.3 Å². The summed E-state index contributed by atoms with van der Waals surface area (Å²) < 4.78 is 5.10. The standard InChI is InChI=1S/C13H13N3OS/c1-10-4-2-5-11(8-10)15-13(18)16-14-9-12-6-3-7-17-12/h2-9H,1H3,(H2,15,16,18). The maximum Gasteiger partial charge on any atom is 0.191 e. The van der Waals surface area contributed by atoms with Gasteiger partial charge in [0.15, 0.2) is 5.11 Å². The summed E-state index contributed by atoms with van der Waals surface area (Å²) in [5, 5.41) is 7.43. The molecule has 2 rings (SSSR count). The normalized spacial score (nSPS) is 10.5. The van der Waals surface area contributed by atoms with Gasteiger partial charge in [0.2, 0.25) is 0 Å². The third kappa shape index (κ3) is 3.71. The Balaban J connectivity index is 1.86. The fourth-order valence-electron chi connectivity index (χ4n) is 1.40. The highest BCUT2D eigenvalue weighted by Gasteiger charge is 1.96. The second-order valence-electron chi connectivity index (χ2n) is 3.71. The number of furan rings is 1. The molecule has 0 amide bonds. The van der Waals surface area contributed by atoms with Crippen LogP contribution in [0.4, 0.5) is 5.69 Å². The summed E-state index contributed by atoms with van der Waals surface area (Å²) in [6.07, 6.45) is 3.15. The van der Waals surface area contributed by atoms with Crippen molar-refractivity contribution in [1.29, 1.82) is 0 Å². The van der Waals surface area contributed by atoms with Crippen molar-refractivity contribution in [3.05, 3.63) is 54.0 Å². The van der Waals surface area contributed by atoms with E-state index >= 15 is 0 Å². The number of aryl methyl sites for hydroxylation is 1. The highest BCUT2D eigenvalue weighted by molar-refractivity contribution is 7.80. The van der Waals surface area contributed by atoms with Gasteiger partial charge in [-0.1, -0.05) is 12.1 Å². The molecule has 2 aromatic rings. The molecule has 0 atom stereocenters. The van der Waals surface area contributed by atoms with Crippen LogP contribution in [0.3, 0.4) is 0 Å². The average molecular weight is 259 g/mol. The van der Waals surface area contributed by atoms with Crippen molar-refractivity contribution >= 4 is 29.2 Å². The summed E-state index contributed by atoms with van der Waals surface area (Å²) >= 11 is 5.11. The number of rotatable bonds is 3. The Morgan fingerprint density at radius 1 is 1.33 bits per heavy atom. The number of benzene rings is 1. The topological polar surface area (TPSA) is 49.6 Å². The lowest BCUT2D eigenvalue weighted by molar-refractivity contribution is 0.560. The Morgan fingerprint density at radius 3 is 2.94 bits per heavy atom. The van der Waals surface area contributed by atoms with Crippen molar-refractivity contribution < 1.29 is 4.42 Å². The summed E-state index contributed by atoms with van der Waals surface area (Å²) in [6.45, 7) is 2.02. The Bertz CT molecular complexity index is 549. The molecule has 0 unspecified atom stereocenters. The van der Waals surface area contributed by atoms with Crippen LogP contribution < -0.4 is 10.7 Å². The predicted molar refractivity (Wildman–Crippen MR) is 76.8 cm³/mol. The van der Waals surface area contributed by atoms with Crippen LogP contribution in [0.5, 0.6) is 0 Å². The molecule has 0 radical (unpaired) electrons. The molecule has 0 aliphatic heterocycles. The van der Waals surface area contributed by atoms with Crippen LogP contribution in [0.2, 0.25) is 0 Å². The number of anilines is 1. The number of hydrazone groups is 1. The number of hydrogen-bond acceptors (Lipinski definition) is 3. The van der Waals surface area contributed by atoms with E-state index in [1.165, 1.54) is 5.56 Å². The van der Waals surface area contributed by atoms with Gasteiger partial charge in [0.1, 0.15) is 5.76 Å². The molecule has 4 nitrogen and oxygen atoms in total. The Hall–Kier alpha value is -2.14. The van der Waals surface area contributed by atoms with E-state index in [9.17, 15) is 0 Å². The molecular weight excluding hydrogens is 246 g/mol. The molecule has 0 aliphatic rings. The lowest BCUT2D eigenvalue weighted by atomic mass is 10.2. The van der Waals surface area contributed by atoms with Gasteiger partial charge in [-0.2, -0.15) is 5.10 Å². The van der Waals surface area contributed by atoms with E-state index in [1.54, 1.807) is 18.5 Å². The summed E-state index contributed by atoms with van der Waals surface area (Å²) in [5.41, 5.74) is 4.82. The lowest BCUT2D eigenvalue weighted by Gasteiger charge is -2.07. The summed E-state index contributed by atoms with van der Waals surface area (Å²) in [4.78, 5) is 0. The fraction of sp³-hybridized carbons (Fsp3) is 0.0769. The third-order valence-electron chi connectivity index (χ3n) is 2.18. The molecule has 1 heterocycles. The molecule has 1 aromatic carbocycles. The van der Waals surface area contributed by atoms with Gasteiger partial charge in [-0.05, 0) is 49.0 Å². The molecule has 0 fully saturated rings. The van der Waals surface area contributed by atoms with E-state index in [0.29, 0.717) is 10.9 Å². The van der Waals surface area contributed by atoms with Gasteiger partial charge in [0.25, 0.3) is 0 Å². The minimum atomic E-state index is 0.434. The van der Waals surface area contributed by atoms with Gasteiger partial charge in [-0.15, -0.1) is 0 Å². The van der Waals surface area contributed by atoms with Gasteiger partial charge in [0, 0.05) is 5.69 Å². The molecule has 2 N–H and O–H groups in total. The first-order chi connectivity index (χ1) is 8.74. The number of hydrogen-bond donors (Lipinski definition) is 2. The molecule has 18 heavy (non-hydrogen) atoms.